The molecule has 5 nitrogen and oxygen atoms in total. The summed E-state index contributed by atoms with van der Waals surface area (Å²) >= 11 is 3.46. The molecule has 0 spiro atoms. The first-order valence-electron chi connectivity index (χ1n) is 8.50. The van der Waals surface area contributed by atoms with Crippen LogP contribution in [0.1, 0.15) is 22.7 Å². The zero-order chi connectivity index (χ0) is 18.3. The predicted octanol–water partition coefficient (Wildman–Crippen LogP) is 4.71. The van der Waals surface area contributed by atoms with Crippen LogP contribution in [0.4, 0.5) is 0 Å². The molecule has 0 saturated carbocycles. The molecule has 1 aromatic carbocycles. The van der Waals surface area contributed by atoms with Crippen LogP contribution in [-0.2, 0) is 6.54 Å². The SMILES string of the molecule is Cc1nc(SCCCn2c(=O)oc3ccccc32)c2c(C)c(C)sc2n1. The first-order chi connectivity index (χ1) is 12.5. The number of rotatable bonds is 5. The highest BCUT2D eigenvalue weighted by molar-refractivity contribution is 7.99. The highest BCUT2D eigenvalue weighted by Crippen LogP contribution is 2.35. The Labute approximate surface area is 159 Å². The van der Waals surface area contributed by atoms with Crippen molar-refractivity contribution in [3.63, 3.8) is 0 Å². The molecule has 3 heterocycles. The van der Waals surface area contributed by atoms with Crippen LogP contribution in [0, 0.1) is 20.8 Å². The molecular formula is C19H19N3O2S2. The number of aryl methyl sites for hydroxylation is 4. The predicted molar refractivity (Wildman–Crippen MR) is 107 cm³/mol. The van der Waals surface area contributed by atoms with Crippen LogP contribution in [0.2, 0.25) is 0 Å². The Morgan fingerprint density at radius 1 is 1.19 bits per heavy atom. The minimum Gasteiger partial charge on any atom is -0.408 e. The summed E-state index contributed by atoms with van der Waals surface area (Å²) in [6.07, 6.45) is 0.862. The lowest BCUT2D eigenvalue weighted by molar-refractivity contribution is 0.503. The van der Waals surface area contributed by atoms with Gasteiger partial charge in [0.25, 0.3) is 0 Å². The largest absolute Gasteiger partial charge is 0.419 e. The van der Waals surface area contributed by atoms with Crippen LogP contribution in [0.3, 0.4) is 0 Å². The standard InChI is InChI=1S/C19H19N3O2S2/c1-11-12(2)26-18-16(11)17(20-13(3)21-18)25-10-6-9-22-14-7-4-5-8-15(14)24-19(22)23/h4-5,7-8H,6,9-10H2,1-3H3. The summed E-state index contributed by atoms with van der Waals surface area (Å²) in [5.41, 5.74) is 2.76. The molecule has 134 valence electrons. The van der Waals surface area contributed by atoms with E-state index >= 15 is 0 Å². The highest BCUT2D eigenvalue weighted by Gasteiger charge is 2.14. The summed E-state index contributed by atoms with van der Waals surface area (Å²) in [6.45, 7) is 6.83. The summed E-state index contributed by atoms with van der Waals surface area (Å²) in [6, 6.07) is 7.54. The van der Waals surface area contributed by atoms with Gasteiger partial charge in [-0.1, -0.05) is 12.1 Å². The second-order valence-corrected chi connectivity index (χ2v) is 8.52. The maximum atomic E-state index is 12.0. The number of hydrogen-bond donors (Lipinski definition) is 0. The van der Waals surface area contributed by atoms with Gasteiger partial charge in [0, 0.05) is 22.6 Å². The van der Waals surface area contributed by atoms with Crippen LogP contribution >= 0.6 is 23.1 Å². The van der Waals surface area contributed by atoms with E-state index in [0.717, 1.165) is 33.4 Å². The van der Waals surface area contributed by atoms with E-state index in [9.17, 15) is 4.79 Å². The number of oxazole rings is 1. The number of benzene rings is 1. The third-order valence-corrected chi connectivity index (χ3v) is 6.61. The van der Waals surface area contributed by atoms with Gasteiger partial charge >= 0.3 is 5.76 Å². The lowest BCUT2D eigenvalue weighted by atomic mass is 10.2. The van der Waals surface area contributed by atoms with E-state index in [-0.39, 0.29) is 5.76 Å². The zero-order valence-electron chi connectivity index (χ0n) is 14.9. The molecule has 0 aliphatic carbocycles. The Morgan fingerprint density at radius 3 is 2.85 bits per heavy atom. The monoisotopic (exact) mass is 385 g/mol. The van der Waals surface area contributed by atoms with Gasteiger partial charge in [-0.25, -0.2) is 14.8 Å². The van der Waals surface area contributed by atoms with Gasteiger partial charge < -0.3 is 4.42 Å². The Kier molecular flexibility index (Phi) is 4.58. The lowest BCUT2D eigenvalue weighted by Crippen LogP contribution is -2.14. The first-order valence-corrected chi connectivity index (χ1v) is 10.3. The Bertz CT molecular complexity index is 1160. The van der Waals surface area contributed by atoms with E-state index in [4.69, 9.17) is 4.42 Å². The number of thioether (sulfide) groups is 1. The molecule has 0 atom stereocenters. The molecule has 0 unspecified atom stereocenters. The van der Waals surface area contributed by atoms with Crippen molar-refractivity contribution in [3.05, 3.63) is 51.1 Å². The highest BCUT2D eigenvalue weighted by atomic mass is 32.2. The van der Waals surface area contributed by atoms with Crippen molar-refractivity contribution in [2.45, 2.75) is 38.8 Å². The Balaban J connectivity index is 1.51. The topological polar surface area (TPSA) is 60.9 Å². The number of aromatic nitrogens is 3. The molecule has 0 saturated heterocycles. The molecule has 0 bridgehead atoms. The van der Waals surface area contributed by atoms with Gasteiger partial charge in [-0.15, -0.1) is 23.1 Å². The van der Waals surface area contributed by atoms with E-state index in [0.29, 0.717) is 12.1 Å². The van der Waals surface area contributed by atoms with E-state index in [1.165, 1.54) is 15.8 Å². The van der Waals surface area contributed by atoms with Crippen molar-refractivity contribution >= 4 is 44.4 Å². The van der Waals surface area contributed by atoms with Crippen LogP contribution < -0.4 is 5.76 Å². The molecule has 4 aromatic rings. The summed E-state index contributed by atoms with van der Waals surface area (Å²) in [7, 11) is 0. The van der Waals surface area contributed by atoms with Gasteiger partial charge in [-0.3, -0.25) is 4.57 Å². The number of thiophene rings is 1. The molecule has 4 rings (SSSR count). The maximum absolute atomic E-state index is 12.0. The van der Waals surface area contributed by atoms with Crippen LogP contribution in [-0.4, -0.2) is 20.3 Å². The molecule has 0 fully saturated rings. The van der Waals surface area contributed by atoms with Gasteiger partial charge in [0.05, 0.1) is 5.52 Å². The maximum Gasteiger partial charge on any atom is 0.419 e. The normalized spacial score (nSPS) is 11.7. The Morgan fingerprint density at radius 2 is 2.00 bits per heavy atom. The first kappa shape index (κ1) is 17.3. The second kappa shape index (κ2) is 6.89. The van der Waals surface area contributed by atoms with Crippen LogP contribution in [0.25, 0.3) is 21.3 Å². The fourth-order valence-corrected chi connectivity index (χ4v) is 5.23. The average molecular weight is 386 g/mol. The molecule has 0 N–H and O–H groups in total. The van der Waals surface area contributed by atoms with Crippen molar-refractivity contribution < 1.29 is 4.42 Å². The van der Waals surface area contributed by atoms with Crippen LogP contribution in [0.5, 0.6) is 0 Å². The fraction of sp³-hybridized carbons (Fsp3) is 0.316. The van der Waals surface area contributed by atoms with Crippen LogP contribution in [0.15, 0.2) is 38.5 Å². The van der Waals surface area contributed by atoms with Crippen molar-refractivity contribution in [2.75, 3.05) is 5.75 Å². The van der Waals surface area contributed by atoms with E-state index < -0.39 is 0 Å². The van der Waals surface area contributed by atoms with E-state index in [2.05, 4.69) is 23.8 Å². The van der Waals surface area contributed by atoms with E-state index in [1.54, 1.807) is 27.7 Å². The van der Waals surface area contributed by atoms with Gasteiger partial charge in [0.1, 0.15) is 15.7 Å². The number of fused-ring (bicyclic) bond motifs is 2. The number of para-hydroxylation sites is 2. The smallest absolute Gasteiger partial charge is 0.408 e. The minimum absolute atomic E-state index is 0.291. The van der Waals surface area contributed by atoms with Crippen molar-refractivity contribution in [3.8, 4) is 0 Å². The lowest BCUT2D eigenvalue weighted by Gasteiger charge is -2.06. The molecule has 0 amide bonds. The van der Waals surface area contributed by atoms with Crippen molar-refractivity contribution in [1.82, 2.24) is 14.5 Å². The third-order valence-electron chi connectivity index (χ3n) is 4.45. The van der Waals surface area contributed by atoms with Gasteiger partial charge in [-0.05, 0) is 44.9 Å². The van der Waals surface area contributed by atoms with Gasteiger partial charge in [-0.2, -0.15) is 0 Å². The molecule has 26 heavy (non-hydrogen) atoms. The second-order valence-electron chi connectivity index (χ2n) is 6.23. The number of nitrogens with zero attached hydrogens (tertiary/aromatic N) is 3. The quantitative estimate of drug-likeness (QED) is 0.283. The minimum atomic E-state index is -0.291. The fourth-order valence-electron chi connectivity index (χ4n) is 3.04. The Hall–Kier alpha value is -2.12. The summed E-state index contributed by atoms with van der Waals surface area (Å²) in [4.78, 5) is 23.6. The summed E-state index contributed by atoms with van der Waals surface area (Å²) in [5.74, 6) is 1.39. The third kappa shape index (κ3) is 3.05. The molecule has 0 radical (unpaired) electrons. The molecule has 0 aliphatic heterocycles. The van der Waals surface area contributed by atoms with Crippen molar-refractivity contribution in [2.24, 2.45) is 0 Å². The molecule has 0 aliphatic rings. The summed E-state index contributed by atoms with van der Waals surface area (Å²) in [5, 5.41) is 2.22. The van der Waals surface area contributed by atoms with E-state index in [1.807, 2.05) is 31.2 Å². The molecule has 7 heteroatoms. The summed E-state index contributed by atoms with van der Waals surface area (Å²) < 4.78 is 6.99. The average Bonchev–Trinajstić information content (AvgIpc) is 3.07. The van der Waals surface area contributed by atoms with Gasteiger partial charge in [0.2, 0.25) is 0 Å². The number of hydrogen-bond acceptors (Lipinski definition) is 6. The van der Waals surface area contributed by atoms with Gasteiger partial charge in [0.15, 0.2) is 5.58 Å². The van der Waals surface area contributed by atoms with Crippen molar-refractivity contribution in [1.29, 1.82) is 0 Å². The zero-order valence-corrected chi connectivity index (χ0v) is 16.5. The molecule has 3 aromatic heterocycles. The molecular weight excluding hydrogens is 366 g/mol.